The molecule has 0 aliphatic heterocycles. The molecular formula is C21H19F3N6O. The number of hydrogen-bond acceptors (Lipinski definition) is 5. The molecule has 0 saturated heterocycles. The quantitative estimate of drug-likeness (QED) is 0.519. The number of anilines is 1. The molecular weight excluding hydrogens is 409 g/mol. The summed E-state index contributed by atoms with van der Waals surface area (Å²) >= 11 is 0. The number of hydrogen-bond donors (Lipinski definition) is 1. The summed E-state index contributed by atoms with van der Waals surface area (Å²) in [5.41, 5.74) is 0.591. The van der Waals surface area contributed by atoms with Gasteiger partial charge in [-0.2, -0.15) is 5.10 Å². The first-order chi connectivity index (χ1) is 14.8. The first-order valence-corrected chi connectivity index (χ1v) is 9.47. The zero-order chi connectivity index (χ0) is 22.3. The summed E-state index contributed by atoms with van der Waals surface area (Å²) in [5, 5.41) is 7.69. The molecule has 0 spiro atoms. The average Bonchev–Trinajstić information content (AvgIpc) is 3.16. The van der Waals surface area contributed by atoms with E-state index in [2.05, 4.69) is 20.4 Å². The van der Waals surface area contributed by atoms with Gasteiger partial charge in [0.05, 0.1) is 34.4 Å². The van der Waals surface area contributed by atoms with Gasteiger partial charge in [-0.25, -0.2) is 23.1 Å². The summed E-state index contributed by atoms with van der Waals surface area (Å²) in [6.07, 6.45) is 3.21. The third kappa shape index (κ3) is 3.65. The maximum absolute atomic E-state index is 14.6. The lowest BCUT2D eigenvalue weighted by Gasteiger charge is -2.19. The Morgan fingerprint density at radius 1 is 1.13 bits per heavy atom. The average molecular weight is 428 g/mol. The highest BCUT2D eigenvalue weighted by atomic mass is 19.3. The largest absolute Gasteiger partial charge is 0.363 e. The van der Waals surface area contributed by atoms with E-state index >= 15 is 0 Å². The van der Waals surface area contributed by atoms with Crippen LogP contribution in [-0.2, 0) is 7.05 Å². The van der Waals surface area contributed by atoms with Crippen LogP contribution in [0.4, 0.5) is 19.0 Å². The van der Waals surface area contributed by atoms with E-state index in [1.165, 1.54) is 23.0 Å². The number of rotatable bonds is 5. The molecule has 160 valence electrons. The lowest BCUT2D eigenvalue weighted by atomic mass is 10.0. The summed E-state index contributed by atoms with van der Waals surface area (Å²) in [6.45, 7) is 3.30. The fraction of sp³-hybridized carbons (Fsp3) is 0.238. The van der Waals surface area contributed by atoms with Crippen molar-refractivity contribution in [1.82, 2.24) is 24.3 Å². The van der Waals surface area contributed by atoms with Crippen LogP contribution in [0.5, 0.6) is 0 Å². The van der Waals surface area contributed by atoms with E-state index in [-0.39, 0.29) is 11.1 Å². The third-order valence-corrected chi connectivity index (χ3v) is 5.12. The maximum Gasteiger partial charge on any atom is 0.266 e. The standard InChI is InChI=1S/C21H19F3N6O/c1-11-18-16(9-30(21(11)31)13-7-27-29(3)8-13)20(26-10-25-18)28-12(2)14-5-4-6-15(17(14)22)19(23)24/h4-10,12,19H,1-3H3,(H,25,26,28)/t12-/m1/s1. The van der Waals surface area contributed by atoms with Crippen LogP contribution in [0.15, 0.2) is 47.9 Å². The van der Waals surface area contributed by atoms with Crippen LogP contribution in [0, 0.1) is 12.7 Å². The molecule has 0 unspecified atom stereocenters. The first-order valence-electron chi connectivity index (χ1n) is 9.47. The molecule has 1 atom stereocenters. The second-order valence-electron chi connectivity index (χ2n) is 7.20. The second-order valence-corrected chi connectivity index (χ2v) is 7.20. The SMILES string of the molecule is Cc1c(=O)n(-c2cnn(C)c2)cc2c(N[C@H](C)c3cccc(C(F)F)c3F)ncnc12. The van der Waals surface area contributed by atoms with Crippen LogP contribution in [0.3, 0.4) is 0 Å². The number of benzene rings is 1. The minimum Gasteiger partial charge on any atom is -0.363 e. The number of alkyl halides is 2. The Kier molecular flexibility index (Phi) is 5.22. The number of nitrogens with one attached hydrogen (secondary N) is 1. The smallest absolute Gasteiger partial charge is 0.266 e. The van der Waals surface area contributed by atoms with E-state index in [4.69, 9.17) is 0 Å². The Balaban J connectivity index is 1.81. The van der Waals surface area contributed by atoms with E-state index in [1.54, 1.807) is 44.2 Å². The molecule has 1 N–H and O–H groups in total. The van der Waals surface area contributed by atoms with Crippen molar-refractivity contribution in [2.75, 3.05) is 5.32 Å². The van der Waals surface area contributed by atoms with Crippen molar-refractivity contribution in [3.8, 4) is 5.69 Å². The van der Waals surface area contributed by atoms with Gasteiger partial charge in [-0.3, -0.25) is 14.0 Å². The topological polar surface area (TPSA) is 77.6 Å². The van der Waals surface area contributed by atoms with E-state index in [0.717, 1.165) is 6.07 Å². The Labute approximate surface area is 175 Å². The lowest BCUT2D eigenvalue weighted by molar-refractivity contribution is 0.146. The highest BCUT2D eigenvalue weighted by Gasteiger charge is 2.21. The molecule has 7 nitrogen and oxygen atoms in total. The molecule has 0 radical (unpaired) electrons. The maximum atomic E-state index is 14.6. The van der Waals surface area contributed by atoms with Gasteiger partial charge in [-0.05, 0) is 13.8 Å². The number of aryl methyl sites for hydroxylation is 2. The predicted octanol–water partition coefficient (Wildman–Crippen LogP) is 4.07. The van der Waals surface area contributed by atoms with Crippen molar-refractivity contribution in [3.63, 3.8) is 0 Å². The molecule has 10 heteroatoms. The molecule has 4 rings (SSSR count). The van der Waals surface area contributed by atoms with Gasteiger partial charge < -0.3 is 5.32 Å². The van der Waals surface area contributed by atoms with Crippen LogP contribution >= 0.6 is 0 Å². The molecule has 3 aromatic heterocycles. The third-order valence-electron chi connectivity index (χ3n) is 5.12. The van der Waals surface area contributed by atoms with Crippen LogP contribution in [0.2, 0.25) is 0 Å². The van der Waals surface area contributed by atoms with Crippen LogP contribution in [-0.4, -0.2) is 24.3 Å². The number of fused-ring (bicyclic) bond motifs is 1. The van der Waals surface area contributed by atoms with E-state index in [0.29, 0.717) is 28.0 Å². The van der Waals surface area contributed by atoms with Gasteiger partial charge in [-0.15, -0.1) is 0 Å². The molecule has 4 aromatic rings. The van der Waals surface area contributed by atoms with Crippen LogP contribution < -0.4 is 10.9 Å². The molecule has 0 aliphatic rings. The van der Waals surface area contributed by atoms with Crippen molar-refractivity contribution in [2.24, 2.45) is 7.05 Å². The minimum atomic E-state index is -2.91. The number of pyridine rings is 1. The number of nitrogens with zero attached hydrogens (tertiary/aromatic N) is 5. The predicted molar refractivity (Wildman–Crippen MR) is 110 cm³/mol. The van der Waals surface area contributed by atoms with Gasteiger partial charge in [0.25, 0.3) is 12.0 Å². The summed E-state index contributed by atoms with van der Waals surface area (Å²) < 4.78 is 43.7. The Bertz CT molecular complexity index is 1330. The second kappa shape index (κ2) is 7.86. The fourth-order valence-electron chi connectivity index (χ4n) is 3.48. The fourth-order valence-corrected chi connectivity index (χ4v) is 3.48. The molecule has 31 heavy (non-hydrogen) atoms. The molecule has 1 aromatic carbocycles. The molecule has 0 saturated carbocycles. The normalized spacial score (nSPS) is 12.5. The Morgan fingerprint density at radius 2 is 1.87 bits per heavy atom. The first kappa shape index (κ1) is 20.6. The zero-order valence-electron chi connectivity index (χ0n) is 17.0. The van der Waals surface area contributed by atoms with Gasteiger partial charge in [0, 0.05) is 30.6 Å². The molecule has 3 heterocycles. The summed E-state index contributed by atoms with van der Waals surface area (Å²) in [5.74, 6) is -0.612. The van der Waals surface area contributed by atoms with E-state index in [9.17, 15) is 18.0 Å². The van der Waals surface area contributed by atoms with Crippen molar-refractivity contribution < 1.29 is 13.2 Å². The van der Waals surface area contributed by atoms with E-state index in [1.807, 2.05) is 0 Å². The van der Waals surface area contributed by atoms with Gasteiger partial charge in [0.15, 0.2) is 0 Å². The van der Waals surface area contributed by atoms with Gasteiger partial charge >= 0.3 is 0 Å². The Hall–Kier alpha value is -3.69. The highest BCUT2D eigenvalue weighted by molar-refractivity contribution is 5.90. The van der Waals surface area contributed by atoms with Crippen molar-refractivity contribution in [2.45, 2.75) is 26.3 Å². The number of aromatic nitrogens is 5. The van der Waals surface area contributed by atoms with Gasteiger partial charge in [0.1, 0.15) is 18.0 Å². The van der Waals surface area contributed by atoms with Crippen LogP contribution in [0.1, 0.15) is 36.1 Å². The highest BCUT2D eigenvalue weighted by Crippen LogP contribution is 2.30. The number of halogens is 3. The molecule has 0 amide bonds. The van der Waals surface area contributed by atoms with Crippen LogP contribution in [0.25, 0.3) is 16.6 Å². The van der Waals surface area contributed by atoms with Gasteiger partial charge in [-0.1, -0.05) is 18.2 Å². The summed E-state index contributed by atoms with van der Waals surface area (Å²) in [4.78, 5) is 21.3. The van der Waals surface area contributed by atoms with Gasteiger partial charge in [0.2, 0.25) is 0 Å². The lowest BCUT2D eigenvalue weighted by Crippen LogP contribution is -2.21. The van der Waals surface area contributed by atoms with E-state index < -0.39 is 23.8 Å². The minimum absolute atomic E-state index is 0.0851. The van der Waals surface area contributed by atoms with Crippen molar-refractivity contribution >= 4 is 16.7 Å². The van der Waals surface area contributed by atoms with Crippen molar-refractivity contribution in [3.05, 3.63) is 76.0 Å². The summed E-state index contributed by atoms with van der Waals surface area (Å²) in [7, 11) is 1.74. The zero-order valence-corrected chi connectivity index (χ0v) is 17.0. The van der Waals surface area contributed by atoms with Crippen molar-refractivity contribution in [1.29, 1.82) is 0 Å². The molecule has 0 fully saturated rings. The Morgan fingerprint density at radius 3 is 2.55 bits per heavy atom. The monoisotopic (exact) mass is 428 g/mol. The molecule has 0 aliphatic carbocycles. The summed E-state index contributed by atoms with van der Waals surface area (Å²) in [6, 6.07) is 3.22. The molecule has 0 bridgehead atoms.